The van der Waals surface area contributed by atoms with Gasteiger partial charge in [-0.3, -0.25) is 4.57 Å². The van der Waals surface area contributed by atoms with Crippen molar-refractivity contribution in [2.24, 2.45) is 0 Å². The van der Waals surface area contributed by atoms with Crippen molar-refractivity contribution in [1.29, 1.82) is 5.26 Å². The standard InChI is InChI=1S/C23H18ClN9O2/c1-14(11-32-13-27-30-31-32)35-22-5-3-4-17(28-22)18-6-7-19-23(29-18)33(12-26-19)20-8-15(24)9-21(34-2)16(20)10-25/h3-9,12-14H,11H2,1-2H3/t14-/m0/s1. The molecule has 174 valence electrons. The van der Waals surface area contributed by atoms with Gasteiger partial charge in [-0.25, -0.2) is 19.6 Å². The van der Waals surface area contributed by atoms with Gasteiger partial charge in [0, 0.05) is 17.2 Å². The first-order chi connectivity index (χ1) is 17.1. The highest BCUT2D eigenvalue weighted by molar-refractivity contribution is 6.31. The highest BCUT2D eigenvalue weighted by Crippen LogP contribution is 2.31. The van der Waals surface area contributed by atoms with Gasteiger partial charge in [0.25, 0.3) is 0 Å². The van der Waals surface area contributed by atoms with Crippen LogP contribution in [0.1, 0.15) is 12.5 Å². The predicted octanol–water partition coefficient (Wildman–Crippen LogP) is 3.47. The minimum atomic E-state index is -0.208. The summed E-state index contributed by atoms with van der Waals surface area (Å²) in [6.07, 6.45) is 2.92. The Labute approximate surface area is 204 Å². The Bertz CT molecular complexity index is 1540. The predicted molar refractivity (Wildman–Crippen MR) is 126 cm³/mol. The maximum atomic E-state index is 9.74. The number of fused-ring (bicyclic) bond motifs is 1. The van der Waals surface area contributed by atoms with Gasteiger partial charge in [-0.1, -0.05) is 17.7 Å². The van der Waals surface area contributed by atoms with Crippen LogP contribution >= 0.6 is 11.6 Å². The summed E-state index contributed by atoms with van der Waals surface area (Å²) in [4.78, 5) is 13.8. The number of rotatable bonds is 7. The van der Waals surface area contributed by atoms with Crippen LogP contribution in [-0.4, -0.2) is 52.9 Å². The number of halogens is 1. The Balaban J connectivity index is 1.50. The van der Waals surface area contributed by atoms with Crippen LogP contribution in [-0.2, 0) is 6.54 Å². The average Bonchev–Trinajstić information content (AvgIpc) is 3.53. The van der Waals surface area contributed by atoms with Crippen LogP contribution in [0, 0.1) is 11.3 Å². The first kappa shape index (κ1) is 22.2. The zero-order valence-electron chi connectivity index (χ0n) is 18.7. The summed E-state index contributed by atoms with van der Waals surface area (Å²) in [7, 11) is 1.49. The van der Waals surface area contributed by atoms with Gasteiger partial charge in [-0.2, -0.15) is 5.26 Å². The number of nitriles is 1. The molecule has 0 amide bonds. The van der Waals surface area contributed by atoms with Gasteiger partial charge in [0.2, 0.25) is 5.88 Å². The second-order valence-electron chi connectivity index (χ2n) is 7.59. The molecule has 5 aromatic rings. The van der Waals surface area contributed by atoms with E-state index in [0.717, 1.165) is 0 Å². The fourth-order valence-corrected chi connectivity index (χ4v) is 3.84. The van der Waals surface area contributed by atoms with Gasteiger partial charge in [-0.15, -0.1) is 5.10 Å². The number of nitrogens with zero attached hydrogens (tertiary/aromatic N) is 9. The van der Waals surface area contributed by atoms with Crippen LogP contribution in [0.2, 0.25) is 5.02 Å². The topological polar surface area (TPSA) is 129 Å². The second kappa shape index (κ2) is 9.36. The number of pyridine rings is 2. The van der Waals surface area contributed by atoms with Gasteiger partial charge in [0.15, 0.2) is 5.65 Å². The summed E-state index contributed by atoms with van der Waals surface area (Å²) in [5, 5.41) is 21.3. The maximum absolute atomic E-state index is 9.74. The quantitative estimate of drug-likeness (QED) is 0.338. The molecule has 0 aliphatic carbocycles. The Morgan fingerprint density at radius 1 is 1.11 bits per heavy atom. The summed E-state index contributed by atoms with van der Waals surface area (Å²) >= 11 is 6.28. The fourth-order valence-electron chi connectivity index (χ4n) is 3.64. The zero-order chi connectivity index (χ0) is 24.4. The molecular weight excluding hydrogens is 470 g/mol. The van der Waals surface area contributed by atoms with Crippen LogP contribution in [0.15, 0.2) is 55.1 Å². The molecule has 0 saturated carbocycles. The van der Waals surface area contributed by atoms with Gasteiger partial charge in [0.1, 0.15) is 41.7 Å². The van der Waals surface area contributed by atoms with E-state index in [2.05, 4.69) is 31.6 Å². The van der Waals surface area contributed by atoms with Crippen molar-refractivity contribution in [2.75, 3.05) is 7.11 Å². The van der Waals surface area contributed by atoms with Crippen molar-refractivity contribution in [3.63, 3.8) is 0 Å². The second-order valence-corrected chi connectivity index (χ2v) is 8.03. The molecular formula is C23H18ClN9O2. The summed E-state index contributed by atoms with van der Waals surface area (Å²) in [6.45, 7) is 2.39. The molecule has 0 aliphatic heterocycles. The third kappa shape index (κ3) is 4.47. The summed E-state index contributed by atoms with van der Waals surface area (Å²) < 4.78 is 14.6. The van der Waals surface area contributed by atoms with Crippen LogP contribution in [0.25, 0.3) is 28.2 Å². The van der Waals surface area contributed by atoms with Crippen molar-refractivity contribution < 1.29 is 9.47 Å². The lowest BCUT2D eigenvalue weighted by molar-refractivity contribution is 0.185. The SMILES string of the molecule is COc1cc(Cl)cc(-n2cnc3ccc(-c4cccc(O[C@@H](C)Cn5cnnn5)n4)nc32)c1C#N. The highest BCUT2D eigenvalue weighted by atomic mass is 35.5. The number of hydrogen-bond donors (Lipinski definition) is 0. The van der Waals surface area contributed by atoms with Crippen LogP contribution in [0.4, 0.5) is 0 Å². The molecule has 0 spiro atoms. The molecule has 4 aromatic heterocycles. The van der Waals surface area contributed by atoms with E-state index in [1.807, 2.05) is 31.2 Å². The van der Waals surface area contributed by atoms with E-state index >= 15 is 0 Å². The summed E-state index contributed by atoms with van der Waals surface area (Å²) in [5.74, 6) is 0.820. The molecule has 0 fully saturated rings. The third-order valence-electron chi connectivity index (χ3n) is 5.18. The lowest BCUT2D eigenvalue weighted by Crippen LogP contribution is -2.20. The van der Waals surface area contributed by atoms with Gasteiger partial charge in [-0.05, 0) is 41.6 Å². The molecule has 5 rings (SSSR count). The van der Waals surface area contributed by atoms with Crippen LogP contribution in [0.3, 0.4) is 0 Å². The van der Waals surface area contributed by atoms with Crippen molar-refractivity contribution in [3.05, 3.63) is 65.7 Å². The van der Waals surface area contributed by atoms with Gasteiger partial charge >= 0.3 is 0 Å². The number of methoxy groups -OCH3 is 1. The third-order valence-corrected chi connectivity index (χ3v) is 5.39. The number of ether oxygens (including phenoxy) is 2. The number of tetrazole rings is 1. The molecule has 0 unspecified atom stereocenters. The van der Waals surface area contributed by atoms with E-state index < -0.39 is 0 Å². The monoisotopic (exact) mass is 487 g/mol. The molecule has 0 saturated heterocycles. The molecule has 0 N–H and O–H groups in total. The zero-order valence-corrected chi connectivity index (χ0v) is 19.5. The molecule has 0 aliphatic rings. The normalized spacial score (nSPS) is 11.8. The van der Waals surface area contributed by atoms with E-state index in [9.17, 15) is 5.26 Å². The number of benzene rings is 1. The van der Waals surface area contributed by atoms with E-state index in [-0.39, 0.29) is 6.10 Å². The molecule has 0 radical (unpaired) electrons. The molecule has 12 heteroatoms. The van der Waals surface area contributed by atoms with E-state index in [1.54, 1.807) is 33.8 Å². The highest BCUT2D eigenvalue weighted by Gasteiger charge is 2.17. The number of imidazole rings is 1. The smallest absolute Gasteiger partial charge is 0.214 e. The molecule has 1 atom stereocenters. The Morgan fingerprint density at radius 2 is 1.97 bits per heavy atom. The molecule has 11 nitrogen and oxygen atoms in total. The minimum absolute atomic E-state index is 0.208. The maximum Gasteiger partial charge on any atom is 0.214 e. The minimum Gasteiger partial charge on any atom is -0.495 e. The first-order valence-electron chi connectivity index (χ1n) is 10.5. The average molecular weight is 488 g/mol. The van der Waals surface area contributed by atoms with Crippen molar-refractivity contribution in [3.8, 4) is 34.8 Å². The van der Waals surface area contributed by atoms with Crippen LogP contribution in [0.5, 0.6) is 11.6 Å². The molecule has 4 heterocycles. The van der Waals surface area contributed by atoms with Crippen LogP contribution < -0.4 is 9.47 Å². The Kier molecular flexibility index (Phi) is 5.95. The fraction of sp³-hybridized carbons (Fsp3) is 0.174. The van der Waals surface area contributed by atoms with E-state index in [1.165, 1.54) is 13.4 Å². The van der Waals surface area contributed by atoms with Gasteiger partial charge < -0.3 is 9.47 Å². The lowest BCUT2D eigenvalue weighted by Gasteiger charge is -2.14. The Hall–Kier alpha value is -4.56. The number of aromatic nitrogens is 8. The van der Waals surface area contributed by atoms with Crippen molar-refractivity contribution >= 4 is 22.8 Å². The lowest BCUT2D eigenvalue weighted by atomic mass is 10.1. The summed E-state index contributed by atoms with van der Waals surface area (Å²) in [6, 6.07) is 14.6. The Morgan fingerprint density at radius 3 is 2.74 bits per heavy atom. The van der Waals surface area contributed by atoms with Crippen molar-refractivity contribution in [1.82, 2.24) is 39.7 Å². The van der Waals surface area contributed by atoms with Gasteiger partial charge in [0.05, 0.1) is 30.7 Å². The van der Waals surface area contributed by atoms with Crippen molar-refractivity contribution in [2.45, 2.75) is 19.6 Å². The van der Waals surface area contributed by atoms with E-state index in [0.29, 0.717) is 57.0 Å². The first-order valence-corrected chi connectivity index (χ1v) is 10.9. The molecule has 35 heavy (non-hydrogen) atoms. The molecule has 0 bridgehead atoms. The number of hydrogen-bond acceptors (Lipinski definition) is 9. The summed E-state index contributed by atoms with van der Waals surface area (Å²) in [5.41, 5.74) is 3.28. The molecule has 1 aromatic carbocycles. The largest absolute Gasteiger partial charge is 0.495 e. The van der Waals surface area contributed by atoms with E-state index in [4.69, 9.17) is 26.1 Å².